The van der Waals surface area contributed by atoms with E-state index in [1.165, 1.54) is 5.39 Å². The molecule has 0 radical (unpaired) electrons. The van der Waals surface area contributed by atoms with E-state index in [1.807, 2.05) is 24.3 Å². The number of nitrogens with zero attached hydrogens (tertiary/aromatic N) is 1. The number of anilines is 1. The molecule has 2 aromatic heterocycles. The van der Waals surface area contributed by atoms with E-state index >= 15 is 0 Å². The number of aromatic nitrogens is 2. The van der Waals surface area contributed by atoms with Crippen molar-refractivity contribution in [2.45, 2.75) is 13.8 Å². The number of fused-ring (bicyclic) bond motifs is 3. The van der Waals surface area contributed by atoms with E-state index in [4.69, 9.17) is 25.5 Å². The number of hydrogen-bond acceptors (Lipinski definition) is 4. The van der Waals surface area contributed by atoms with Crippen LogP contribution in [0, 0.1) is 0 Å². The monoisotopic (exact) mass is 303 g/mol. The van der Waals surface area contributed by atoms with Crippen LogP contribution in [-0.2, 0) is 9.59 Å². The summed E-state index contributed by atoms with van der Waals surface area (Å²) in [7, 11) is 0. The van der Waals surface area contributed by atoms with Crippen molar-refractivity contribution in [3.05, 3.63) is 36.5 Å². The van der Waals surface area contributed by atoms with Gasteiger partial charge in [0.15, 0.2) is 0 Å². The number of carboxylic acids is 2. The predicted molar refractivity (Wildman–Crippen MR) is 84.6 cm³/mol. The second-order valence-corrected chi connectivity index (χ2v) is 4.36. The summed E-state index contributed by atoms with van der Waals surface area (Å²) in [6.07, 6.45) is 1.77. The first-order chi connectivity index (χ1) is 10.3. The first kappa shape index (κ1) is 17.0. The summed E-state index contributed by atoms with van der Waals surface area (Å²) in [5, 5.41) is 17.2. The third-order valence-corrected chi connectivity index (χ3v) is 2.41. The second-order valence-electron chi connectivity index (χ2n) is 4.36. The molecule has 0 aliphatic heterocycles. The molecular weight excluding hydrogens is 286 g/mol. The van der Waals surface area contributed by atoms with Gasteiger partial charge in [0.1, 0.15) is 5.82 Å². The van der Waals surface area contributed by atoms with Crippen molar-refractivity contribution < 1.29 is 19.8 Å². The summed E-state index contributed by atoms with van der Waals surface area (Å²) in [6, 6.07) is 10.0. The van der Waals surface area contributed by atoms with Gasteiger partial charge < -0.3 is 20.9 Å². The number of pyridine rings is 1. The summed E-state index contributed by atoms with van der Waals surface area (Å²) < 4.78 is 0. The van der Waals surface area contributed by atoms with Crippen LogP contribution in [0.15, 0.2) is 36.5 Å². The van der Waals surface area contributed by atoms with Crippen LogP contribution in [0.25, 0.3) is 21.8 Å². The van der Waals surface area contributed by atoms with E-state index in [0.717, 1.165) is 30.3 Å². The molecule has 0 aliphatic carbocycles. The molecule has 22 heavy (non-hydrogen) atoms. The number of para-hydroxylation sites is 1. The molecule has 0 saturated carbocycles. The van der Waals surface area contributed by atoms with Crippen LogP contribution in [0.1, 0.15) is 13.8 Å². The fourth-order valence-electron chi connectivity index (χ4n) is 1.77. The van der Waals surface area contributed by atoms with Crippen LogP contribution in [0.4, 0.5) is 5.82 Å². The summed E-state index contributed by atoms with van der Waals surface area (Å²) >= 11 is 0. The van der Waals surface area contributed by atoms with Gasteiger partial charge in [0, 0.05) is 30.1 Å². The third-order valence-electron chi connectivity index (χ3n) is 2.41. The SMILES string of the molecule is CC(=O)O.CC(=O)O.Nc1cc2c(cn1)[nH]c1ccccc12. The van der Waals surface area contributed by atoms with Crippen LogP contribution in [-0.4, -0.2) is 32.1 Å². The minimum Gasteiger partial charge on any atom is -0.481 e. The van der Waals surface area contributed by atoms with Gasteiger partial charge >= 0.3 is 0 Å². The highest BCUT2D eigenvalue weighted by atomic mass is 16.4. The molecule has 0 spiro atoms. The van der Waals surface area contributed by atoms with Crippen molar-refractivity contribution in [3.63, 3.8) is 0 Å². The maximum atomic E-state index is 9.00. The Bertz CT molecular complexity index is 776. The second kappa shape index (κ2) is 7.63. The van der Waals surface area contributed by atoms with Gasteiger partial charge in [-0.25, -0.2) is 4.98 Å². The number of rotatable bonds is 0. The van der Waals surface area contributed by atoms with Gasteiger partial charge in [-0.1, -0.05) is 18.2 Å². The number of nitrogen functional groups attached to an aromatic ring is 1. The number of nitrogens with one attached hydrogen (secondary N) is 1. The van der Waals surface area contributed by atoms with Crippen LogP contribution >= 0.6 is 0 Å². The van der Waals surface area contributed by atoms with Crippen molar-refractivity contribution in [1.29, 1.82) is 0 Å². The zero-order chi connectivity index (χ0) is 16.7. The topological polar surface area (TPSA) is 129 Å². The van der Waals surface area contributed by atoms with Crippen molar-refractivity contribution >= 4 is 39.6 Å². The van der Waals surface area contributed by atoms with Crippen LogP contribution in [0.5, 0.6) is 0 Å². The Hall–Kier alpha value is -3.09. The summed E-state index contributed by atoms with van der Waals surface area (Å²) in [6.45, 7) is 2.17. The average Bonchev–Trinajstić information content (AvgIpc) is 2.75. The molecule has 3 aromatic rings. The first-order valence-electron chi connectivity index (χ1n) is 6.32. The van der Waals surface area contributed by atoms with Gasteiger partial charge in [0.25, 0.3) is 11.9 Å². The Balaban J connectivity index is 0.000000257. The standard InChI is InChI=1S/C11H9N3.2C2H4O2/c12-11-5-8-7-3-1-2-4-9(7)14-10(8)6-13-11;2*1-2(3)4/h1-6,14H,(H2,12,13);2*1H3,(H,3,4). The number of carbonyl (C=O) groups is 2. The number of hydrogen-bond donors (Lipinski definition) is 4. The molecule has 0 amide bonds. The van der Waals surface area contributed by atoms with Crippen molar-refractivity contribution in [1.82, 2.24) is 9.97 Å². The van der Waals surface area contributed by atoms with E-state index < -0.39 is 11.9 Å². The van der Waals surface area contributed by atoms with Gasteiger partial charge in [0.2, 0.25) is 0 Å². The fraction of sp³-hybridized carbons (Fsp3) is 0.133. The fourth-order valence-corrected chi connectivity index (χ4v) is 1.77. The molecule has 5 N–H and O–H groups in total. The number of nitrogens with two attached hydrogens (primary N) is 1. The highest BCUT2D eigenvalue weighted by Gasteiger charge is 2.03. The summed E-state index contributed by atoms with van der Waals surface area (Å²) in [5.41, 5.74) is 7.80. The molecular formula is C15H17N3O4. The highest BCUT2D eigenvalue weighted by Crippen LogP contribution is 2.25. The molecule has 0 atom stereocenters. The predicted octanol–water partition coefficient (Wildman–Crippen LogP) is 2.48. The maximum absolute atomic E-state index is 9.00. The minimum absolute atomic E-state index is 0.558. The van der Waals surface area contributed by atoms with E-state index in [2.05, 4.69) is 16.0 Å². The normalized spacial score (nSPS) is 9.36. The minimum atomic E-state index is -0.833. The smallest absolute Gasteiger partial charge is 0.300 e. The van der Waals surface area contributed by atoms with Gasteiger partial charge in [0.05, 0.1) is 11.7 Å². The number of aliphatic carboxylic acids is 2. The molecule has 7 nitrogen and oxygen atoms in total. The quantitative estimate of drug-likeness (QED) is 0.505. The lowest BCUT2D eigenvalue weighted by atomic mass is 10.2. The lowest BCUT2D eigenvalue weighted by molar-refractivity contribution is -0.135. The number of carboxylic acid groups (broad SMARTS) is 2. The molecule has 2 heterocycles. The maximum Gasteiger partial charge on any atom is 0.300 e. The van der Waals surface area contributed by atoms with Gasteiger partial charge in [-0.15, -0.1) is 0 Å². The molecule has 7 heteroatoms. The molecule has 1 aromatic carbocycles. The average molecular weight is 303 g/mol. The lowest BCUT2D eigenvalue weighted by Gasteiger charge is -1.92. The lowest BCUT2D eigenvalue weighted by Crippen LogP contribution is -1.87. The molecule has 0 saturated heterocycles. The van der Waals surface area contributed by atoms with Crippen molar-refractivity contribution in [2.24, 2.45) is 0 Å². The molecule has 3 rings (SSSR count). The molecule has 0 bridgehead atoms. The number of aromatic amines is 1. The Morgan fingerprint density at radius 1 is 1.05 bits per heavy atom. The van der Waals surface area contributed by atoms with Crippen molar-refractivity contribution in [3.8, 4) is 0 Å². The summed E-state index contributed by atoms with van der Waals surface area (Å²) in [4.78, 5) is 25.3. The first-order valence-corrected chi connectivity index (χ1v) is 6.32. The molecule has 0 fully saturated rings. The molecule has 116 valence electrons. The largest absolute Gasteiger partial charge is 0.481 e. The molecule has 0 aliphatic rings. The van der Waals surface area contributed by atoms with E-state index in [0.29, 0.717) is 5.82 Å². The zero-order valence-electron chi connectivity index (χ0n) is 12.2. The zero-order valence-corrected chi connectivity index (χ0v) is 12.2. The number of H-pyrrole nitrogens is 1. The van der Waals surface area contributed by atoms with E-state index in [9.17, 15) is 0 Å². The molecule has 0 unspecified atom stereocenters. The van der Waals surface area contributed by atoms with E-state index in [1.54, 1.807) is 6.20 Å². The Morgan fingerprint density at radius 2 is 1.59 bits per heavy atom. The van der Waals surface area contributed by atoms with Gasteiger partial charge in [-0.05, 0) is 12.1 Å². The highest BCUT2D eigenvalue weighted by molar-refractivity contribution is 6.07. The Kier molecular flexibility index (Phi) is 5.88. The van der Waals surface area contributed by atoms with Crippen LogP contribution < -0.4 is 5.73 Å². The van der Waals surface area contributed by atoms with Gasteiger partial charge in [-0.2, -0.15) is 0 Å². The van der Waals surface area contributed by atoms with Gasteiger partial charge in [-0.3, -0.25) is 9.59 Å². The third kappa shape index (κ3) is 5.12. The van der Waals surface area contributed by atoms with Crippen LogP contribution in [0.3, 0.4) is 0 Å². The number of benzene rings is 1. The Labute approximate surface area is 126 Å². The van der Waals surface area contributed by atoms with Crippen molar-refractivity contribution in [2.75, 3.05) is 5.73 Å². The van der Waals surface area contributed by atoms with Crippen LogP contribution in [0.2, 0.25) is 0 Å². The summed E-state index contributed by atoms with van der Waals surface area (Å²) in [5.74, 6) is -1.11. The Morgan fingerprint density at radius 3 is 2.18 bits per heavy atom. The van der Waals surface area contributed by atoms with E-state index in [-0.39, 0.29) is 0 Å².